The molecule has 2 rings (SSSR count). The SMILES string of the molecule is CC(F)(CN)CCc1ccc2c(c1)CCO2. The fourth-order valence-corrected chi connectivity index (χ4v) is 1.90. The van der Waals surface area contributed by atoms with Crippen LogP contribution in [-0.4, -0.2) is 18.8 Å². The number of hydrogen-bond donors (Lipinski definition) is 1. The molecule has 1 aliphatic rings. The van der Waals surface area contributed by atoms with Gasteiger partial charge in [0, 0.05) is 13.0 Å². The van der Waals surface area contributed by atoms with Gasteiger partial charge in [-0.25, -0.2) is 4.39 Å². The molecule has 1 aromatic rings. The van der Waals surface area contributed by atoms with Gasteiger partial charge in [0.15, 0.2) is 0 Å². The Morgan fingerprint density at radius 2 is 2.31 bits per heavy atom. The topological polar surface area (TPSA) is 35.2 Å². The van der Waals surface area contributed by atoms with Crippen LogP contribution in [0.1, 0.15) is 24.5 Å². The van der Waals surface area contributed by atoms with Gasteiger partial charge in [-0.1, -0.05) is 12.1 Å². The number of alkyl halides is 1. The minimum Gasteiger partial charge on any atom is -0.493 e. The van der Waals surface area contributed by atoms with Crippen LogP contribution in [0.3, 0.4) is 0 Å². The second-order valence-corrected chi connectivity index (χ2v) is 4.66. The lowest BCUT2D eigenvalue weighted by atomic mass is 9.97. The smallest absolute Gasteiger partial charge is 0.122 e. The van der Waals surface area contributed by atoms with Crippen molar-refractivity contribution in [3.63, 3.8) is 0 Å². The van der Waals surface area contributed by atoms with Gasteiger partial charge in [0.1, 0.15) is 11.4 Å². The van der Waals surface area contributed by atoms with Crippen LogP contribution >= 0.6 is 0 Å². The third kappa shape index (κ3) is 2.53. The van der Waals surface area contributed by atoms with E-state index in [9.17, 15) is 4.39 Å². The largest absolute Gasteiger partial charge is 0.493 e. The maximum absolute atomic E-state index is 13.6. The van der Waals surface area contributed by atoms with Crippen molar-refractivity contribution in [1.82, 2.24) is 0 Å². The second-order valence-electron chi connectivity index (χ2n) is 4.66. The van der Waals surface area contributed by atoms with Gasteiger partial charge in [-0.3, -0.25) is 0 Å². The van der Waals surface area contributed by atoms with Crippen molar-refractivity contribution in [2.45, 2.75) is 31.9 Å². The van der Waals surface area contributed by atoms with Gasteiger partial charge in [-0.15, -0.1) is 0 Å². The first-order valence-corrected chi connectivity index (χ1v) is 5.74. The Hall–Kier alpha value is -1.09. The van der Waals surface area contributed by atoms with E-state index in [1.807, 2.05) is 12.1 Å². The molecule has 1 aromatic carbocycles. The summed E-state index contributed by atoms with van der Waals surface area (Å²) in [5.74, 6) is 0.977. The van der Waals surface area contributed by atoms with Crippen LogP contribution in [0.2, 0.25) is 0 Å². The third-order valence-corrected chi connectivity index (χ3v) is 3.11. The van der Waals surface area contributed by atoms with Crippen LogP contribution in [0.25, 0.3) is 0 Å². The lowest BCUT2D eigenvalue weighted by molar-refractivity contribution is 0.186. The zero-order valence-electron chi connectivity index (χ0n) is 9.63. The summed E-state index contributed by atoms with van der Waals surface area (Å²) in [6.45, 7) is 2.41. The minimum atomic E-state index is -1.25. The monoisotopic (exact) mass is 223 g/mol. The van der Waals surface area contributed by atoms with Crippen LogP contribution in [0.15, 0.2) is 18.2 Å². The van der Waals surface area contributed by atoms with Crippen LogP contribution < -0.4 is 10.5 Å². The summed E-state index contributed by atoms with van der Waals surface area (Å²) in [5.41, 5.74) is 6.52. The quantitative estimate of drug-likeness (QED) is 0.849. The normalized spacial score (nSPS) is 17.7. The number of halogens is 1. The molecule has 0 radical (unpaired) electrons. The van der Waals surface area contributed by atoms with Crippen LogP contribution in [-0.2, 0) is 12.8 Å². The summed E-state index contributed by atoms with van der Waals surface area (Å²) in [7, 11) is 0. The predicted octanol–water partition coefficient (Wildman–Crippen LogP) is 2.24. The number of fused-ring (bicyclic) bond motifs is 1. The highest BCUT2D eigenvalue weighted by atomic mass is 19.1. The number of benzene rings is 1. The Morgan fingerprint density at radius 1 is 1.50 bits per heavy atom. The van der Waals surface area contributed by atoms with Crippen molar-refractivity contribution in [3.05, 3.63) is 29.3 Å². The molecular weight excluding hydrogens is 205 g/mol. The van der Waals surface area contributed by atoms with Crippen molar-refractivity contribution in [1.29, 1.82) is 0 Å². The van der Waals surface area contributed by atoms with Crippen molar-refractivity contribution in [2.24, 2.45) is 5.73 Å². The molecule has 3 heteroatoms. The van der Waals surface area contributed by atoms with Crippen LogP contribution in [0.5, 0.6) is 5.75 Å². The Labute approximate surface area is 95.6 Å². The average Bonchev–Trinajstić information content (AvgIpc) is 2.73. The van der Waals surface area contributed by atoms with E-state index in [4.69, 9.17) is 10.5 Å². The molecule has 0 fully saturated rings. The van der Waals surface area contributed by atoms with Gasteiger partial charge in [-0.2, -0.15) is 0 Å². The van der Waals surface area contributed by atoms with E-state index in [-0.39, 0.29) is 6.54 Å². The molecule has 0 amide bonds. The van der Waals surface area contributed by atoms with E-state index < -0.39 is 5.67 Å². The average molecular weight is 223 g/mol. The minimum absolute atomic E-state index is 0.0844. The molecule has 2 nitrogen and oxygen atoms in total. The predicted molar refractivity (Wildman–Crippen MR) is 62.5 cm³/mol. The van der Waals surface area contributed by atoms with Crippen molar-refractivity contribution < 1.29 is 9.13 Å². The van der Waals surface area contributed by atoms with E-state index in [2.05, 4.69) is 6.07 Å². The molecule has 2 N–H and O–H groups in total. The molecule has 1 heterocycles. The number of aryl methyl sites for hydroxylation is 1. The number of hydrogen-bond acceptors (Lipinski definition) is 2. The molecule has 1 aliphatic heterocycles. The van der Waals surface area contributed by atoms with E-state index in [1.165, 1.54) is 11.1 Å². The highest BCUT2D eigenvalue weighted by Gasteiger charge is 2.21. The van der Waals surface area contributed by atoms with Crippen molar-refractivity contribution in [3.8, 4) is 5.75 Å². The number of nitrogens with two attached hydrogens (primary N) is 1. The van der Waals surface area contributed by atoms with Crippen LogP contribution in [0.4, 0.5) is 4.39 Å². The summed E-state index contributed by atoms with van der Waals surface area (Å²) in [6, 6.07) is 6.11. The molecule has 0 aromatic heterocycles. The summed E-state index contributed by atoms with van der Waals surface area (Å²) < 4.78 is 19.1. The Kier molecular flexibility index (Phi) is 3.15. The first-order valence-electron chi connectivity index (χ1n) is 5.74. The van der Waals surface area contributed by atoms with E-state index in [0.29, 0.717) is 6.42 Å². The van der Waals surface area contributed by atoms with Crippen LogP contribution in [0, 0.1) is 0 Å². The molecule has 0 saturated carbocycles. The fraction of sp³-hybridized carbons (Fsp3) is 0.538. The summed E-state index contributed by atoms with van der Waals surface area (Å²) in [4.78, 5) is 0. The van der Waals surface area contributed by atoms with E-state index in [1.54, 1.807) is 6.92 Å². The molecule has 0 aliphatic carbocycles. The summed E-state index contributed by atoms with van der Waals surface area (Å²) in [5, 5.41) is 0. The molecule has 16 heavy (non-hydrogen) atoms. The molecular formula is C13H18FNO. The van der Waals surface area contributed by atoms with Gasteiger partial charge >= 0.3 is 0 Å². The lowest BCUT2D eigenvalue weighted by Crippen LogP contribution is -2.29. The molecule has 0 bridgehead atoms. The van der Waals surface area contributed by atoms with Crippen molar-refractivity contribution in [2.75, 3.05) is 13.2 Å². The zero-order valence-corrected chi connectivity index (χ0v) is 9.63. The first kappa shape index (κ1) is 11.4. The molecule has 0 saturated heterocycles. The highest BCUT2D eigenvalue weighted by molar-refractivity contribution is 5.39. The summed E-state index contributed by atoms with van der Waals surface area (Å²) in [6.07, 6.45) is 2.17. The van der Waals surface area contributed by atoms with E-state index in [0.717, 1.165) is 25.2 Å². The van der Waals surface area contributed by atoms with Gasteiger partial charge < -0.3 is 10.5 Å². The molecule has 0 spiro atoms. The van der Waals surface area contributed by atoms with Crippen molar-refractivity contribution >= 4 is 0 Å². The highest BCUT2D eigenvalue weighted by Crippen LogP contribution is 2.27. The Bertz CT molecular complexity index is 376. The third-order valence-electron chi connectivity index (χ3n) is 3.11. The number of ether oxygens (including phenoxy) is 1. The zero-order chi connectivity index (χ0) is 11.6. The van der Waals surface area contributed by atoms with E-state index >= 15 is 0 Å². The molecule has 88 valence electrons. The van der Waals surface area contributed by atoms with Gasteiger partial charge in [-0.05, 0) is 37.0 Å². The molecule has 1 atom stereocenters. The van der Waals surface area contributed by atoms with Gasteiger partial charge in [0.2, 0.25) is 0 Å². The first-order chi connectivity index (χ1) is 7.61. The fourth-order valence-electron chi connectivity index (χ4n) is 1.90. The standard InChI is InChI=1S/C13H18FNO/c1-13(14,9-15)6-4-10-2-3-12-11(8-10)5-7-16-12/h2-3,8H,4-7,9,15H2,1H3. The maximum Gasteiger partial charge on any atom is 0.122 e. The second kappa shape index (κ2) is 4.42. The van der Waals surface area contributed by atoms with Gasteiger partial charge in [0.25, 0.3) is 0 Å². The number of rotatable bonds is 4. The Balaban J connectivity index is 2.00. The van der Waals surface area contributed by atoms with Gasteiger partial charge in [0.05, 0.1) is 6.61 Å². The lowest BCUT2D eigenvalue weighted by Gasteiger charge is -2.17. The summed E-state index contributed by atoms with van der Waals surface area (Å²) >= 11 is 0. The molecule has 1 unspecified atom stereocenters. The Morgan fingerprint density at radius 3 is 3.06 bits per heavy atom. The maximum atomic E-state index is 13.6.